The highest BCUT2D eigenvalue weighted by Gasteiger charge is 2.17. The molecule has 88 valence electrons. The minimum atomic E-state index is 0.427. The highest BCUT2D eigenvalue weighted by molar-refractivity contribution is 6.11. The molecule has 3 aromatic rings. The van der Waals surface area contributed by atoms with E-state index in [1.165, 1.54) is 33.7 Å². The molecule has 0 aliphatic heterocycles. The van der Waals surface area contributed by atoms with Gasteiger partial charge in [-0.05, 0) is 52.6 Å². The van der Waals surface area contributed by atoms with Crippen molar-refractivity contribution in [2.45, 2.75) is 19.3 Å². The molecule has 0 heterocycles. The van der Waals surface area contributed by atoms with Gasteiger partial charge < -0.3 is 5.11 Å². The molecule has 1 nitrogen and oxygen atoms in total. The van der Waals surface area contributed by atoms with Crippen LogP contribution in [0.2, 0.25) is 0 Å². The molecule has 0 saturated carbocycles. The molecule has 1 N–H and O–H groups in total. The second-order valence-corrected chi connectivity index (χ2v) is 5.10. The highest BCUT2D eigenvalue weighted by atomic mass is 16.3. The molecule has 0 atom stereocenters. The molecule has 0 spiro atoms. The van der Waals surface area contributed by atoms with E-state index < -0.39 is 0 Å². The lowest BCUT2D eigenvalue weighted by atomic mass is 9.95. The van der Waals surface area contributed by atoms with E-state index in [0.717, 1.165) is 18.2 Å². The van der Waals surface area contributed by atoms with Gasteiger partial charge in [0.05, 0.1) is 0 Å². The van der Waals surface area contributed by atoms with Crippen LogP contribution in [0.1, 0.15) is 17.5 Å². The number of fused-ring (bicyclic) bond motifs is 5. The number of aromatic hydroxyl groups is 1. The predicted octanol–water partition coefficient (Wildman–Crippen LogP) is 4.19. The standard InChI is InChI=1S/C17H14O/c18-16-10-12-5-3-7-14(12)17-13-6-2-1-4-11(13)8-9-15(16)17/h1-2,4,6,8-10,18H,3,5,7H2. The first-order valence-electron chi connectivity index (χ1n) is 6.50. The van der Waals surface area contributed by atoms with Crippen molar-refractivity contribution in [3.05, 3.63) is 53.6 Å². The summed E-state index contributed by atoms with van der Waals surface area (Å²) >= 11 is 0. The van der Waals surface area contributed by atoms with E-state index in [2.05, 4.69) is 30.3 Å². The SMILES string of the molecule is Oc1cc2c(c3c1ccc1ccccc13)CCC2. The Labute approximate surface area is 106 Å². The predicted molar refractivity (Wildman–Crippen MR) is 75.1 cm³/mol. The fourth-order valence-corrected chi connectivity index (χ4v) is 3.26. The summed E-state index contributed by atoms with van der Waals surface area (Å²) < 4.78 is 0. The normalized spacial score (nSPS) is 14.2. The van der Waals surface area contributed by atoms with Crippen molar-refractivity contribution < 1.29 is 5.11 Å². The van der Waals surface area contributed by atoms with E-state index in [1.54, 1.807) is 0 Å². The summed E-state index contributed by atoms with van der Waals surface area (Å²) in [4.78, 5) is 0. The third-order valence-electron chi connectivity index (χ3n) is 4.08. The number of hydrogen-bond donors (Lipinski definition) is 1. The average molecular weight is 234 g/mol. The lowest BCUT2D eigenvalue weighted by Crippen LogP contribution is -1.88. The lowest BCUT2D eigenvalue weighted by Gasteiger charge is -2.11. The summed E-state index contributed by atoms with van der Waals surface area (Å²) in [5.41, 5.74) is 2.77. The van der Waals surface area contributed by atoms with E-state index in [-0.39, 0.29) is 0 Å². The zero-order valence-electron chi connectivity index (χ0n) is 10.1. The van der Waals surface area contributed by atoms with Crippen molar-refractivity contribution in [2.75, 3.05) is 0 Å². The van der Waals surface area contributed by atoms with Crippen molar-refractivity contribution in [2.24, 2.45) is 0 Å². The van der Waals surface area contributed by atoms with Gasteiger partial charge in [-0.1, -0.05) is 36.4 Å². The number of hydrogen-bond acceptors (Lipinski definition) is 1. The molecule has 0 unspecified atom stereocenters. The van der Waals surface area contributed by atoms with Crippen LogP contribution in [0.3, 0.4) is 0 Å². The fraction of sp³-hybridized carbons (Fsp3) is 0.176. The van der Waals surface area contributed by atoms with Crippen LogP contribution in [0.15, 0.2) is 42.5 Å². The topological polar surface area (TPSA) is 20.2 Å². The maximum absolute atomic E-state index is 10.2. The third-order valence-corrected chi connectivity index (χ3v) is 4.08. The molecule has 0 radical (unpaired) electrons. The summed E-state index contributed by atoms with van der Waals surface area (Å²) in [6.07, 6.45) is 3.44. The van der Waals surface area contributed by atoms with Gasteiger partial charge in [-0.15, -0.1) is 0 Å². The molecule has 0 aromatic heterocycles. The number of aryl methyl sites for hydroxylation is 2. The van der Waals surface area contributed by atoms with Crippen LogP contribution in [-0.2, 0) is 12.8 Å². The minimum absolute atomic E-state index is 0.427. The Kier molecular flexibility index (Phi) is 1.93. The van der Waals surface area contributed by atoms with Crippen LogP contribution in [0, 0.1) is 0 Å². The van der Waals surface area contributed by atoms with Crippen molar-refractivity contribution in [3.63, 3.8) is 0 Å². The first kappa shape index (κ1) is 9.95. The lowest BCUT2D eigenvalue weighted by molar-refractivity contribution is 0.481. The molecule has 3 aromatic carbocycles. The maximum atomic E-state index is 10.2. The van der Waals surface area contributed by atoms with Crippen molar-refractivity contribution in [1.82, 2.24) is 0 Å². The molecule has 0 bridgehead atoms. The third kappa shape index (κ3) is 1.22. The van der Waals surface area contributed by atoms with Crippen LogP contribution in [0.25, 0.3) is 21.5 Å². The van der Waals surface area contributed by atoms with E-state index in [9.17, 15) is 5.11 Å². The summed E-state index contributed by atoms with van der Waals surface area (Å²) in [7, 11) is 0. The van der Waals surface area contributed by atoms with Gasteiger partial charge in [-0.2, -0.15) is 0 Å². The van der Waals surface area contributed by atoms with Gasteiger partial charge in [-0.25, -0.2) is 0 Å². The Hall–Kier alpha value is -2.02. The van der Waals surface area contributed by atoms with Crippen LogP contribution < -0.4 is 0 Å². The minimum Gasteiger partial charge on any atom is -0.507 e. The Morgan fingerprint density at radius 2 is 1.78 bits per heavy atom. The maximum Gasteiger partial charge on any atom is 0.123 e. The van der Waals surface area contributed by atoms with Gasteiger partial charge in [-0.3, -0.25) is 0 Å². The summed E-state index contributed by atoms with van der Waals surface area (Å²) in [5, 5.41) is 15.0. The van der Waals surface area contributed by atoms with Gasteiger partial charge >= 0.3 is 0 Å². The molecule has 0 saturated heterocycles. The van der Waals surface area contributed by atoms with E-state index in [1.807, 2.05) is 12.1 Å². The first-order valence-corrected chi connectivity index (χ1v) is 6.50. The quantitative estimate of drug-likeness (QED) is 0.578. The molecule has 0 amide bonds. The number of phenols is 1. The van der Waals surface area contributed by atoms with Gasteiger partial charge in [0.2, 0.25) is 0 Å². The number of benzene rings is 3. The molecule has 1 aliphatic carbocycles. The van der Waals surface area contributed by atoms with Crippen LogP contribution in [0.5, 0.6) is 5.75 Å². The van der Waals surface area contributed by atoms with E-state index >= 15 is 0 Å². The van der Waals surface area contributed by atoms with Gasteiger partial charge in [0.1, 0.15) is 5.75 Å². The Balaban J connectivity index is 2.30. The monoisotopic (exact) mass is 234 g/mol. The Bertz CT molecular complexity index is 771. The summed E-state index contributed by atoms with van der Waals surface area (Å²) in [6.45, 7) is 0. The molecule has 1 heteroatoms. The molecule has 18 heavy (non-hydrogen) atoms. The smallest absolute Gasteiger partial charge is 0.123 e. The fourth-order valence-electron chi connectivity index (χ4n) is 3.26. The summed E-state index contributed by atoms with van der Waals surface area (Å²) in [6, 6.07) is 14.5. The molecule has 4 rings (SSSR count). The van der Waals surface area contributed by atoms with Crippen molar-refractivity contribution >= 4 is 21.5 Å². The second kappa shape index (κ2) is 3.49. The number of rotatable bonds is 0. The van der Waals surface area contributed by atoms with E-state index in [4.69, 9.17) is 0 Å². The number of phenolic OH excluding ortho intramolecular Hbond substituents is 1. The Morgan fingerprint density at radius 1 is 0.889 bits per heavy atom. The zero-order chi connectivity index (χ0) is 12.1. The molecular weight excluding hydrogens is 220 g/mol. The van der Waals surface area contributed by atoms with Gasteiger partial charge in [0.15, 0.2) is 0 Å². The van der Waals surface area contributed by atoms with Crippen molar-refractivity contribution in [3.8, 4) is 5.75 Å². The largest absolute Gasteiger partial charge is 0.507 e. The van der Waals surface area contributed by atoms with E-state index in [0.29, 0.717) is 5.75 Å². The van der Waals surface area contributed by atoms with Crippen LogP contribution >= 0.6 is 0 Å². The molecule has 1 aliphatic rings. The van der Waals surface area contributed by atoms with Crippen LogP contribution in [-0.4, -0.2) is 5.11 Å². The first-order chi connectivity index (χ1) is 8.84. The highest BCUT2D eigenvalue weighted by Crippen LogP contribution is 2.39. The van der Waals surface area contributed by atoms with Gasteiger partial charge in [0, 0.05) is 5.39 Å². The van der Waals surface area contributed by atoms with Crippen LogP contribution in [0.4, 0.5) is 0 Å². The Morgan fingerprint density at radius 3 is 2.72 bits per heavy atom. The average Bonchev–Trinajstić information content (AvgIpc) is 2.86. The van der Waals surface area contributed by atoms with Crippen molar-refractivity contribution in [1.29, 1.82) is 0 Å². The molecular formula is C17H14O. The second-order valence-electron chi connectivity index (χ2n) is 5.10. The summed E-state index contributed by atoms with van der Waals surface area (Å²) in [5.74, 6) is 0.427. The van der Waals surface area contributed by atoms with Gasteiger partial charge in [0.25, 0.3) is 0 Å². The zero-order valence-corrected chi connectivity index (χ0v) is 10.1. The molecule has 0 fully saturated rings.